The van der Waals surface area contributed by atoms with Gasteiger partial charge < -0.3 is 15.2 Å². The van der Waals surface area contributed by atoms with Crippen molar-refractivity contribution in [2.24, 2.45) is 0 Å². The van der Waals surface area contributed by atoms with Gasteiger partial charge in [0.1, 0.15) is 4.88 Å². The summed E-state index contributed by atoms with van der Waals surface area (Å²) in [5, 5.41) is 12.3. The van der Waals surface area contributed by atoms with Crippen LogP contribution in [0.2, 0.25) is 0 Å². The normalized spacial score (nSPS) is 11.8. The largest absolute Gasteiger partial charge is 0.477 e. The van der Waals surface area contributed by atoms with Crippen molar-refractivity contribution < 1.29 is 14.6 Å². The van der Waals surface area contributed by atoms with E-state index in [0.29, 0.717) is 18.2 Å². The zero-order chi connectivity index (χ0) is 12.0. The lowest BCUT2D eigenvalue weighted by Crippen LogP contribution is -2.24. The topological polar surface area (TPSA) is 71.5 Å². The average Bonchev–Trinajstić information content (AvgIpc) is 2.67. The molecule has 1 aromatic heterocycles. The fourth-order valence-corrected chi connectivity index (χ4v) is 1.84. The summed E-state index contributed by atoms with van der Waals surface area (Å²) in [7, 11) is 1.58. The molecular weight excluding hydrogens is 228 g/mol. The first kappa shape index (κ1) is 12.5. The minimum absolute atomic E-state index is 0.0530. The molecule has 1 atom stereocenters. The van der Waals surface area contributed by atoms with E-state index >= 15 is 0 Å². The van der Waals surface area contributed by atoms with Crippen LogP contribution in [0.4, 0.5) is 5.13 Å². The molecule has 0 aliphatic heterocycles. The third-order valence-corrected chi connectivity index (χ3v) is 2.69. The van der Waals surface area contributed by atoms with Crippen LogP contribution in [0.1, 0.15) is 16.1 Å². The van der Waals surface area contributed by atoms with Gasteiger partial charge in [0, 0.05) is 13.5 Å². The zero-order valence-electron chi connectivity index (χ0n) is 8.77. The summed E-state index contributed by atoms with van der Waals surface area (Å²) in [4.78, 5) is 14.8. The van der Waals surface area contributed by atoms with Crippen LogP contribution in [0.5, 0.6) is 0 Å². The highest BCUT2D eigenvalue weighted by Crippen LogP contribution is 2.19. The van der Waals surface area contributed by atoms with Crippen LogP contribution in [0.3, 0.4) is 0 Å². The molecule has 1 aromatic rings. The van der Waals surface area contributed by atoms with E-state index in [0.717, 1.165) is 11.3 Å². The number of carboxylic acids is 1. The second-order valence-electron chi connectivity index (χ2n) is 3.04. The number of ether oxygens (including phenoxy) is 1. The van der Waals surface area contributed by atoms with Gasteiger partial charge in [-0.05, 0) is 0 Å². The number of carboxylic acid groups (broad SMARTS) is 1. The number of hydrogen-bond donors (Lipinski definition) is 2. The second kappa shape index (κ2) is 6.10. The number of thiazole rings is 1. The second-order valence-corrected chi connectivity index (χ2v) is 4.07. The summed E-state index contributed by atoms with van der Waals surface area (Å²) in [6.07, 6.45) is 7.02. The highest BCUT2D eigenvalue weighted by Gasteiger charge is 2.12. The summed E-state index contributed by atoms with van der Waals surface area (Å²) < 4.78 is 4.99. The lowest BCUT2D eigenvalue weighted by Gasteiger charge is -2.13. The standard InChI is InChI=1S/C10H12N2O3S/c1-3-4-7(6-15-2)12-10-11-5-8(16-10)9(13)14/h1,5,7H,4,6H2,2H3,(H,11,12)(H,13,14). The summed E-state index contributed by atoms with van der Waals surface area (Å²) >= 11 is 1.08. The van der Waals surface area contributed by atoms with E-state index in [4.69, 9.17) is 16.3 Å². The monoisotopic (exact) mass is 240 g/mol. The quantitative estimate of drug-likeness (QED) is 0.733. The number of carbonyl (C=O) groups is 1. The van der Waals surface area contributed by atoms with Crippen LogP contribution in [-0.2, 0) is 4.74 Å². The number of aromatic carboxylic acids is 1. The maximum Gasteiger partial charge on any atom is 0.347 e. The Bertz CT molecular complexity index is 397. The first-order valence-corrected chi connectivity index (χ1v) is 5.37. The molecule has 2 N–H and O–H groups in total. The Labute approximate surface area is 97.5 Å². The van der Waals surface area contributed by atoms with Crippen molar-refractivity contribution in [2.45, 2.75) is 12.5 Å². The van der Waals surface area contributed by atoms with Gasteiger partial charge in [-0.3, -0.25) is 0 Å². The molecule has 0 bridgehead atoms. The Morgan fingerprint density at radius 3 is 3.12 bits per heavy atom. The molecule has 0 aliphatic rings. The molecule has 1 rings (SSSR count). The summed E-state index contributed by atoms with van der Waals surface area (Å²) in [5.41, 5.74) is 0. The van der Waals surface area contributed by atoms with Gasteiger partial charge in [-0.15, -0.1) is 12.3 Å². The van der Waals surface area contributed by atoms with Crippen molar-refractivity contribution in [3.05, 3.63) is 11.1 Å². The minimum atomic E-state index is -0.981. The third kappa shape index (κ3) is 3.53. The molecule has 6 heteroatoms. The number of methoxy groups -OCH3 is 1. The molecule has 5 nitrogen and oxygen atoms in total. The van der Waals surface area contributed by atoms with E-state index < -0.39 is 5.97 Å². The van der Waals surface area contributed by atoms with E-state index in [2.05, 4.69) is 16.2 Å². The van der Waals surface area contributed by atoms with Gasteiger partial charge in [0.15, 0.2) is 5.13 Å². The number of terminal acetylenes is 1. The summed E-state index contributed by atoms with van der Waals surface area (Å²) in [5.74, 6) is 1.54. The van der Waals surface area contributed by atoms with Gasteiger partial charge in [0.05, 0.1) is 18.8 Å². The van der Waals surface area contributed by atoms with Crippen LogP contribution in [-0.4, -0.2) is 35.8 Å². The predicted molar refractivity (Wildman–Crippen MR) is 61.8 cm³/mol. The van der Waals surface area contributed by atoms with E-state index in [1.165, 1.54) is 6.20 Å². The Morgan fingerprint density at radius 2 is 2.62 bits per heavy atom. The first-order chi connectivity index (χ1) is 7.67. The van der Waals surface area contributed by atoms with Gasteiger partial charge in [0.2, 0.25) is 0 Å². The fourth-order valence-electron chi connectivity index (χ4n) is 1.11. The van der Waals surface area contributed by atoms with Crippen molar-refractivity contribution >= 4 is 22.4 Å². The number of nitrogens with zero attached hydrogens (tertiary/aromatic N) is 1. The molecule has 86 valence electrons. The van der Waals surface area contributed by atoms with Crippen molar-refractivity contribution in [1.29, 1.82) is 0 Å². The SMILES string of the molecule is C#CCC(COC)Nc1ncc(C(=O)O)s1. The minimum Gasteiger partial charge on any atom is -0.477 e. The molecule has 1 heterocycles. The average molecular weight is 240 g/mol. The Balaban J connectivity index is 2.62. The van der Waals surface area contributed by atoms with Crippen molar-refractivity contribution in [1.82, 2.24) is 4.98 Å². The molecule has 0 fully saturated rings. The molecule has 0 amide bonds. The molecular formula is C10H12N2O3S. The molecule has 0 aliphatic carbocycles. The summed E-state index contributed by atoms with van der Waals surface area (Å²) in [6, 6.07) is -0.0530. The maximum atomic E-state index is 10.6. The van der Waals surface area contributed by atoms with Gasteiger partial charge in [-0.2, -0.15) is 0 Å². The molecule has 0 saturated heterocycles. The molecule has 1 unspecified atom stereocenters. The number of rotatable bonds is 6. The smallest absolute Gasteiger partial charge is 0.347 e. The first-order valence-electron chi connectivity index (χ1n) is 4.55. The van der Waals surface area contributed by atoms with Crippen molar-refractivity contribution in [3.8, 4) is 12.3 Å². The van der Waals surface area contributed by atoms with Crippen LogP contribution in [0, 0.1) is 12.3 Å². The summed E-state index contributed by atoms with van der Waals surface area (Å²) in [6.45, 7) is 0.451. The van der Waals surface area contributed by atoms with Crippen molar-refractivity contribution in [2.75, 3.05) is 19.0 Å². The van der Waals surface area contributed by atoms with Crippen LogP contribution in [0.25, 0.3) is 0 Å². The lowest BCUT2D eigenvalue weighted by atomic mass is 10.2. The van der Waals surface area contributed by atoms with Gasteiger partial charge in [-0.25, -0.2) is 9.78 Å². The fraction of sp³-hybridized carbons (Fsp3) is 0.400. The number of anilines is 1. The predicted octanol–water partition coefficient (Wildman–Crippen LogP) is 1.29. The Morgan fingerprint density at radius 1 is 1.88 bits per heavy atom. The third-order valence-electron chi connectivity index (χ3n) is 1.78. The highest BCUT2D eigenvalue weighted by molar-refractivity contribution is 7.17. The van der Waals surface area contributed by atoms with Crippen LogP contribution in [0.15, 0.2) is 6.20 Å². The van der Waals surface area contributed by atoms with E-state index in [1.807, 2.05) is 0 Å². The molecule has 0 saturated carbocycles. The van der Waals surface area contributed by atoms with E-state index in [1.54, 1.807) is 7.11 Å². The van der Waals surface area contributed by atoms with Crippen molar-refractivity contribution in [3.63, 3.8) is 0 Å². The Kier molecular flexibility index (Phi) is 4.76. The van der Waals surface area contributed by atoms with Gasteiger partial charge in [0.25, 0.3) is 0 Å². The highest BCUT2D eigenvalue weighted by atomic mass is 32.1. The molecule has 16 heavy (non-hydrogen) atoms. The van der Waals surface area contributed by atoms with E-state index in [9.17, 15) is 4.79 Å². The lowest BCUT2D eigenvalue weighted by molar-refractivity contribution is 0.0702. The number of hydrogen-bond acceptors (Lipinski definition) is 5. The molecule has 0 radical (unpaired) electrons. The maximum absolute atomic E-state index is 10.6. The zero-order valence-corrected chi connectivity index (χ0v) is 9.58. The number of aromatic nitrogens is 1. The number of nitrogens with one attached hydrogen (secondary N) is 1. The molecule has 0 spiro atoms. The Hall–Kier alpha value is -1.58. The van der Waals surface area contributed by atoms with Gasteiger partial charge >= 0.3 is 5.97 Å². The van der Waals surface area contributed by atoms with E-state index in [-0.39, 0.29) is 10.9 Å². The van der Waals surface area contributed by atoms with Crippen LogP contribution >= 0.6 is 11.3 Å². The molecule has 0 aromatic carbocycles. The van der Waals surface area contributed by atoms with Crippen LogP contribution < -0.4 is 5.32 Å². The van der Waals surface area contributed by atoms with Gasteiger partial charge in [-0.1, -0.05) is 11.3 Å².